The first kappa shape index (κ1) is 23.5. The van der Waals surface area contributed by atoms with Gasteiger partial charge in [0.05, 0.1) is 12.2 Å². The van der Waals surface area contributed by atoms with Gasteiger partial charge in [0, 0.05) is 36.0 Å². The van der Waals surface area contributed by atoms with Gasteiger partial charge in [0.25, 0.3) is 0 Å². The van der Waals surface area contributed by atoms with Crippen LogP contribution in [0.2, 0.25) is 0 Å². The molecule has 0 saturated carbocycles. The van der Waals surface area contributed by atoms with Crippen molar-refractivity contribution in [3.05, 3.63) is 60.0 Å². The van der Waals surface area contributed by atoms with Crippen LogP contribution in [-0.4, -0.2) is 43.0 Å². The summed E-state index contributed by atoms with van der Waals surface area (Å²) in [5.41, 5.74) is 2.59. The zero-order valence-corrected chi connectivity index (χ0v) is 19.5. The van der Waals surface area contributed by atoms with Gasteiger partial charge >= 0.3 is 0 Å². The maximum atomic E-state index is 12.3. The van der Waals surface area contributed by atoms with E-state index in [0.29, 0.717) is 23.9 Å². The van der Waals surface area contributed by atoms with E-state index in [9.17, 15) is 13.2 Å². The van der Waals surface area contributed by atoms with Crippen molar-refractivity contribution in [1.29, 1.82) is 0 Å². The first-order valence-electron chi connectivity index (χ1n) is 10.2. The fourth-order valence-electron chi connectivity index (χ4n) is 2.91. The number of hydrogen-bond donors (Lipinski definition) is 2. The molecule has 0 spiro atoms. The summed E-state index contributed by atoms with van der Waals surface area (Å²) in [6, 6.07) is 13.1. The molecule has 1 aromatic carbocycles. The van der Waals surface area contributed by atoms with Crippen LogP contribution in [-0.2, 0) is 26.5 Å². The molecular formula is C23H28N4O4S. The number of hydrogen-bond acceptors (Lipinski definition) is 7. The Bertz CT molecular complexity index is 1160. The normalized spacial score (nSPS) is 11.9. The molecule has 0 aliphatic heterocycles. The van der Waals surface area contributed by atoms with Crippen molar-refractivity contribution < 1.29 is 17.7 Å². The third-order valence-corrected chi connectivity index (χ3v) is 5.66. The van der Waals surface area contributed by atoms with Crippen molar-refractivity contribution in [3.63, 3.8) is 0 Å². The molecule has 0 radical (unpaired) electrons. The number of benzene rings is 1. The molecule has 8 nitrogen and oxygen atoms in total. The average Bonchev–Trinajstić information content (AvgIpc) is 3.17. The highest BCUT2D eigenvalue weighted by Crippen LogP contribution is 2.24. The summed E-state index contributed by atoms with van der Waals surface area (Å²) in [7, 11) is -3.01. The molecule has 0 aliphatic carbocycles. The second-order valence-corrected chi connectivity index (χ2v) is 11.0. The number of carbonyl (C=O) groups excluding carboxylic acids is 1. The molecule has 2 heterocycles. The first-order chi connectivity index (χ1) is 15.0. The van der Waals surface area contributed by atoms with Crippen molar-refractivity contribution in [3.8, 4) is 11.1 Å². The largest absolute Gasteiger partial charge is 0.369 e. The predicted octanol–water partition coefficient (Wildman–Crippen LogP) is 3.67. The van der Waals surface area contributed by atoms with E-state index in [-0.39, 0.29) is 23.5 Å². The lowest BCUT2D eigenvalue weighted by atomic mass is 9.93. The number of rotatable bonds is 8. The lowest BCUT2D eigenvalue weighted by molar-refractivity contribution is -0.115. The molecule has 0 unspecified atom stereocenters. The van der Waals surface area contributed by atoms with Gasteiger partial charge < -0.3 is 15.2 Å². The van der Waals surface area contributed by atoms with Gasteiger partial charge in [0.1, 0.15) is 21.4 Å². The molecule has 9 heteroatoms. The molecule has 0 saturated heterocycles. The van der Waals surface area contributed by atoms with E-state index >= 15 is 0 Å². The number of nitrogens with one attached hydrogen (secondary N) is 2. The molecule has 3 aromatic rings. The van der Waals surface area contributed by atoms with Crippen LogP contribution < -0.4 is 10.6 Å². The summed E-state index contributed by atoms with van der Waals surface area (Å²) < 4.78 is 27.7. The van der Waals surface area contributed by atoms with E-state index in [1.807, 2.05) is 57.2 Å². The Balaban J connectivity index is 1.55. The van der Waals surface area contributed by atoms with Crippen molar-refractivity contribution in [2.24, 2.45) is 0 Å². The Labute approximate surface area is 188 Å². The van der Waals surface area contributed by atoms with Gasteiger partial charge in [0.2, 0.25) is 5.91 Å². The van der Waals surface area contributed by atoms with Gasteiger partial charge in [-0.1, -0.05) is 50.2 Å². The minimum absolute atomic E-state index is 0.0554. The summed E-state index contributed by atoms with van der Waals surface area (Å²) in [6.45, 7) is 6.35. The molecule has 0 atom stereocenters. The summed E-state index contributed by atoms with van der Waals surface area (Å²) in [6.07, 6.45) is 3.15. The van der Waals surface area contributed by atoms with Crippen molar-refractivity contribution in [2.75, 3.05) is 29.2 Å². The Kier molecular flexibility index (Phi) is 6.98. The Morgan fingerprint density at radius 2 is 1.72 bits per heavy atom. The van der Waals surface area contributed by atoms with E-state index in [4.69, 9.17) is 4.52 Å². The molecule has 2 aromatic heterocycles. The summed E-state index contributed by atoms with van der Waals surface area (Å²) in [4.78, 5) is 16.7. The zero-order valence-electron chi connectivity index (χ0n) is 18.7. The topological polar surface area (TPSA) is 114 Å². The number of amides is 1. The summed E-state index contributed by atoms with van der Waals surface area (Å²) >= 11 is 0. The number of carbonyl (C=O) groups is 1. The van der Waals surface area contributed by atoms with Crippen LogP contribution in [0.1, 0.15) is 32.1 Å². The second kappa shape index (κ2) is 9.52. The fraction of sp³-hybridized carbons (Fsp3) is 0.348. The van der Waals surface area contributed by atoms with E-state index in [0.717, 1.165) is 16.7 Å². The van der Waals surface area contributed by atoms with Crippen LogP contribution in [0.25, 0.3) is 11.1 Å². The maximum absolute atomic E-state index is 12.3. The molecule has 1 amide bonds. The van der Waals surface area contributed by atoms with Crippen molar-refractivity contribution >= 4 is 27.4 Å². The van der Waals surface area contributed by atoms with E-state index in [2.05, 4.69) is 20.8 Å². The Hall–Kier alpha value is -3.20. The van der Waals surface area contributed by atoms with E-state index < -0.39 is 9.84 Å². The highest BCUT2D eigenvalue weighted by atomic mass is 32.2. The van der Waals surface area contributed by atoms with Gasteiger partial charge in [-0.25, -0.2) is 13.4 Å². The molecule has 0 bridgehead atoms. The maximum Gasteiger partial charge on any atom is 0.230 e. The van der Waals surface area contributed by atoms with E-state index in [1.54, 1.807) is 12.3 Å². The first-order valence-corrected chi connectivity index (χ1v) is 12.3. The molecule has 0 fully saturated rings. The third-order valence-electron chi connectivity index (χ3n) is 4.71. The molecule has 0 aliphatic rings. The van der Waals surface area contributed by atoms with Crippen LogP contribution in [0.5, 0.6) is 0 Å². The lowest BCUT2D eigenvalue weighted by Gasteiger charge is -2.12. The standard InChI is InChI=1S/C23H28N4O4S/c1-23(2,3)19-14-21(27-31-19)26-22(28)13-16-5-7-17(8-6-16)18-9-10-20(25-15-18)24-11-12-32(4,29)30/h5-10,14-15H,11-13H2,1-4H3,(H,24,25)(H,26,27,28). The van der Waals surface area contributed by atoms with Gasteiger partial charge in [-0.05, 0) is 23.3 Å². The number of aromatic nitrogens is 2. The number of sulfone groups is 1. The number of anilines is 2. The van der Waals surface area contributed by atoms with E-state index in [1.165, 1.54) is 6.26 Å². The summed E-state index contributed by atoms with van der Waals surface area (Å²) in [5.74, 6) is 1.63. The highest BCUT2D eigenvalue weighted by molar-refractivity contribution is 7.90. The van der Waals surface area contributed by atoms with Gasteiger partial charge in [-0.15, -0.1) is 0 Å². The minimum Gasteiger partial charge on any atom is -0.369 e. The minimum atomic E-state index is -3.01. The summed E-state index contributed by atoms with van der Waals surface area (Å²) in [5, 5.41) is 9.66. The Morgan fingerprint density at radius 1 is 1.03 bits per heavy atom. The van der Waals surface area contributed by atoms with Crippen LogP contribution in [0.3, 0.4) is 0 Å². The average molecular weight is 457 g/mol. The number of nitrogens with zero attached hydrogens (tertiary/aromatic N) is 2. The Morgan fingerprint density at radius 3 is 2.28 bits per heavy atom. The molecule has 2 N–H and O–H groups in total. The van der Waals surface area contributed by atoms with Crippen LogP contribution in [0.15, 0.2) is 53.2 Å². The smallest absolute Gasteiger partial charge is 0.230 e. The molecular weight excluding hydrogens is 428 g/mol. The van der Waals surface area contributed by atoms with Crippen LogP contribution >= 0.6 is 0 Å². The molecule has 32 heavy (non-hydrogen) atoms. The highest BCUT2D eigenvalue weighted by Gasteiger charge is 2.20. The monoisotopic (exact) mass is 456 g/mol. The second-order valence-electron chi connectivity index (χ2n) is 8.74. The molecule has 3 rings (SSSR count). The zero-order chi connectivity index (χ0) is 23.4. The quantitative estimate of drug-likeness (QED) is 0.531. The van der Waals surface area contributed by atoms with Crippen LogP contribution in [0, 0.1) is 0 Å². The SMILES string of the molecule is CC(C)(C)c1cc(NC(=O)Cc2ccc(-c3ccc(NCCS(C)(=O)=O)nc3)cc2)no1. The third kappa shape index (κ3) is 6.91. The van der Waals surface area contributed by atoms with Crippen molar-refractivity contribution in [2.45, 2.75) is 32.6 Å². The molecule has 170 valence electrons. The fourth-order valence-corrected chi connectivity index (χ4v) is 3.38. The lowest BCUT2D eigenvalue weighted by Crippen LogP contribution is -2.14. The van der Waals surface area contributed by atoms with Gasteiger partial charge in [0.15, 0.2) is 5.82 Å². The van der Waals surface area contributed by atoms with Crippen LogP contribution in [0.4, 0.5) is 11.6 Å². The van der Waals surface area contributed by atoms with Gasteiger partial charge in [-0.3, -0.25) is 4.79 Å². The predicted molar refractivity (Wildman–Crippen MR) is 125 cm³/mol. The van der Waals surface area contributed by atoms with Gasteiger partial charge in [-0.2, -0.15) is 0 Å². The van der Waals surface area contributed by atoms with Crippen molar-refractivity contribution in [1.82, 2.24) is 10.1 Å². The number of pyridine rings is 1.